The van der Waals surface area contributed by atoms with Crippen molar-refractivity contribution < 1.29 is 4.39 Å². The molecule has 0 N–H and O–H groups in total. The molecule has 0 unspecified atom stereocenters. The highest BCUT2D eigenvalue weighted by Gasteiger charge is 2.16. The first-order valence-electron chi connectivity index (χ1n) is 8.56. The zero-order valence-corrected chi connectivity index (χ0v) is 15.5. The van der Waals surface area contributed by atoms with Crippen molar-refractivity contribution in [3.05, 3.63) is 66.0 Å². The molecule has 0 radical (unpaired) electrons. The van der Waals surface area contributed by atoms with Crippen molar-refractivity contribution >= 4 is 11.9 Å². The predicted octanol–water partition coefficient (Wildman–Crippen LogP) is 4.13. The lowest BCUT2D eigenvalue weighted by molar-refractivity contribution is 0.574. The van der Waals surface area contributed by atoms with Gasteiger partial charge in [-0.05, 0) is 26.0 Å². The van der Waals surface area contributed by atoms with Gasteiger partial charge in [0.25, 0.3) is 0 Å². The van der Waals surface area contributed by atoms with Crippen LogP contribution in [0.15, 0.2) is 53.8 Å². The van der Waals surface area contributed by atoms with Crippen molar-refractivity contribution in [1.82, 2.24) is 24.5 Å². The quantitative estimate of drug-likeness (QED) is 0.647. The molecular formula is C19H23FN6. The second-order valence-corrected chi connectivity index (χ2v) is 5.00. The second kappa shape index (κ2) is 9.41. The fraction of sp³-hybridized carbons (Fsp3) is 0.263. The molecule has 3 rings (SSSR count). The van der Waals surface area contributed by atoms with Crippen LogP contribution < -0.4 is 0 Å². The molecule has 2 aromatic heterocycles. The summed E-state index contributed by atoms with van der Waals surface area (Å²) in [5.41, 5.74) is 1.18. The molecule has 0 saturated carbocycles. The molecule has 26 heavy (non-hydrogen) atoms. The third-order valence-electron chi connectivity index (χ3n) is 3.41. The third-order valence-corrected chi connectivity index (χ3v) is 3.41. The highest BCUT2D eigenvalue weighted by Crippen LogP contribution is 2.16. The van der Waals surface area contributed by atoms with Gasteiger partial charge in [-0.1, -0.05) is 38.1 Å². The Labute approximate surface area is 152 Å². The van der Waals surface area contributed by atoms with Crippen LogP contribution in [0, 0.1) is 5.82 Å². The Bertz CT molecular complexity index is 877. The van der Waals surface area contributed by atoms with Gasteiger partial charge in [0.15, 0.2) is 0 Å². The van der Waals surface area contributed by atoms with Crippen LogP contribution in [0.5, 0.6) is 0 Å². The van der Waals surface area contributed by atoms with Crippen molar-refractivity contribution in [2.45, 2.75) is 34.2 Å². The summed E-state index contributed by atoms with van der Waals surface area (Å²) in [5, 5.41) is 8.69. The first-order valence-corrected chi connectivity index (χ1v) is 8.56. The van der Waals surface area contributed by atoms with E-state index < -0.39 is 0 Å². The summed E-state index contributed by atoms with van der Waals surface area (Å²) < 4.78 is 17.2. The van der Waals surface area contributed by atoms with E-state index in [1.807, 2.05) is 33.8 Å². The summed E-state index contributed by atoms with van der Waals surface area (Å²) in [6.45, 7) is 7.95. The zero-order valence-electron chi connectivity index (χ0n) is 15.5. The molecule has 0 fully saturated rings. The highest BCUT2D eigenvalue weighted by molar-refractivity contribution is 5.69. The van der Waals surface area contributed by atoms with E-state index in [4.69, 9.17) is 0 Å². The van der Waals surface area contributed by atoms with E-state index in [0.717, 1.165) is 0 Å². The summed E-state index contributed by atoms with van der Waals surface area (Å²) in [6.07, 6.45) is 6.93. The molecule has 0 aliphatic rings. The van der Waals surface area contributed by atoms with Crippen LogP contribution >= 0.6 is 0 Å². The summed E-state index contributed by atoms with van der Waals surface area (Å²) in [6, 6.07) is 8.41. The molecular weight excluding hydrogens is 331 g/mol. The molecule has 6 nitrogen and oxygen atoms in total. The fourth-order valence-corrected chi connectivity index (χ4v) is 2.29. The molecule has 0 bridgehead atoms. The molecule has 7 heteroatoms. The molecule has 0 aliphatic carbocycles. The van der Waals surface area contributed by atoms with E-state index in [2.05, 4.69) is 20.2 Å². The van der Waals surface area contributed by atoms with Crippen LogP contribution in [-0.2, 0) is 6.54 Å². The summed E-state index contributed by atoms with van der Waals surface area (Å²) in [4.78, 5) is 8.78. The maximum Gasteiger partial charge on any atom is 0.249 e. The standard InChI is InChI=1S/C17H17FN6.C2H6/c1-3-15(19-4-2)16-21-17(23-11-7-10-20-23)24(22-16)12-13-8-5-6-9-14(13)18;1-2/h3-11H,12H2,1-2H3;1-2H3/b15-3-,19-4?;. The maximum atomic E-state index is 14.0. The Hall–Kier alpha value is -3.09. The molecule has 0 saturated heterocycles. The van der Waals surface area contributed by atoms with Crippen LogP contribution in [-0.4, -0.2) is 30.8 Å². The smallest absolute Gasteiger partial charge is 0.249 e. The molecule has 0 spiro atoms. The van der Waals surface area contributed by atoms with Crippen LogP contribution in [0.1, 0.15) is 39.1 Å². The second-order valence-electron chi connectivity index (χ2n) is 5.00. The van der Waals surface area contributed by atoms with Gasteiger partial charge in [0.1, 0.15) is 11.5 Å². The predicted molar refractivity (Wildman–Crippen MR) is 102 cm³/mol. The van der Waals surface area contributed by atoms with Gasteiger partial charge in [-0.2, -0.15) is 10.1 Å². The Morgan fingerprint density at radius 3 is 2.58 bits per heavy atom. The minimum Gasteiger partial charge on any atom is -0.258 e. The summed E-state index contributed by atoms with van der Waals surface area (Å²) in [5.74, 6) is 0.695. The number of halogens is 1. The van der Waals surface area contributed by atoms with Crippen LogP contribution in [0.4, 0.5) is 4.39 Å². The van der Waals surface area contributed by atoms with Crippen LogP contribution in [0.2, 0.25) is 0 Å². The number of benzene rings is 1. The van der Waals surface area contributed by atoms with Gasteiger partial charge in [0, 0.05) is 24.2 Å². The van der Waals surface area contributed by atoms with Crippen molar-refractivity contribution in [2.24, 2.45) is 4.99 Å². The number of aliphatic imine (C=N–C) groups is 1. The minimum atomic E-state index is -0.279. The summed E-state index contributed by atoms with van der Waals surface area (Å²) in [7, 11) is 0. The van der Waals surface area contributed by atoms with E-state index in [1.165, 1.54) is 6.07 Å². The van der Waals surface area contributed by atoms with Gasteiger partial charge in [0.2, 0.25) is 11.8 Å². The average Bonchev–Trinajstić information content (AvgIpc) is 3.33. The first-order chi connectivity index (χ1) is 12.7. The van der Waals surface area contributed by atoms with E-state index in [-0.39, 0.29) is 12.4 Å². The van der Waals surface area contributed by atoms with E-state index >= 15 is 0 Å². The van der Waals surface area contributed by atoms with E-state index in [1.54, 1.807) is 52.2 Å². The molecule has 0 amide bonds. The first kappa shape index (κ1) is 19.2. The topological polar surface area (TPSA) is 60.9 Å². The maximum absolute atomic E-state index is 14.0. The Kier molecular flexibility index (Phi) is 6.96. The molecule has 2 heterocycles. The normalized spacial score (nSPS) is 11.5. The molecule has 136 valence electrons. The third kappa shape index (κ3) is 4.30. The number of aromatic nitrogens is 5. The number of hydrogen-bond acceptors (Lipinski definition) is 4. The SMILES string of the molecule is CC.CC=N/C(=C\C)c1nc(-n2cccn2)n(Cc2ccccc2F)n1. The van der Waals surface area contributed by atoms with Crippen molar-refractivity contribution in [3.8, 4) is 5.95 Å². The van der Waals surface area contributed by atoms with Crippen molar-refractivity contribution in [3.63, 3.8) is 0 Å². The Morgan fingerprint density at radius 1 is 1.19 bits per heavy atom. The lowest BCUT2D eigenvalue weighted by atomic mass is 10.2. The lowest BCUT2D eigenvalue weighted by Crippen LogP contribution is -2.10. The van der Waals surface area contributed by atoms with Crippen molar-refractivity contribution in [2.75, 3.05) is 0 Å². The fourth-order valence-electron chi connectivity index (χ4n) is 2.29. The highest BCUT2D eigenvalue weighted by atomic mass is 19.1. The van der Waals surface area contributed by atoms with E-state index in [9.17, 15) is 4.39 Å². The van der Waals surface area contributed by atoms with Crippen molar-refractivity contribution in [1.29, 1.82) is 0 Å². The van der Waals surface area contributed by atoms with E-state index in [0.29, 0.717) is 23.0 Å². The average molecular weight is 354 g/mol. The van der Waals surface area contributed by atoms with Crippen LogP contribution in [0.25, 0.3) is 11.6 Å². The number of rotatable bonds is 5. The monoisotopic (exact) mass is 354 g/mol. The summed E-state index contributed by atoms with van der Waals surface area (Å²) >= 11 is 0. The minimum absolute atomic E-state index is 0.252. The number of nitrogens with zero attached hydrogens (tertiary/aromatic N) is 6. The Balaban J connectivity index is 0.00000117. The van der Waals surface area contributed by atoms with Gasteiger partial charge >= 0.3 is 0 Å². The largest absolute Gasteiger partial charge is 0.258 e. The molecule has 3 aromatic rings. The van der Waals surface area contributed by atoms with Gasteiger partial charge in [0.05, 0.1) is 6.54 Å². The van der Waals surface area contributed by atoms with Gasteiger partial charge in [-0.3, -0.25) is 4.99 Å². The molecule has 1 aromatic carbocycles. The Morgan fingerprint density at radius 2 is 1.96 bits per heavy atom. The van der Waals surface area contributed by atoms with Crippen LogP contribution in [0.3, 0.4) is 0 Å². The molecule has 0 aliphatic heterocycles. The van der Waals surface area contributed by atoms with Gasteiger partial charge < -0.3 is 0 Å². The van der Waals surface area contributed by atoms with Gasteiger partial charge in [-0.15, -0.1) is 5.10 Å². The lowest BCUT2D eigenvalue weighted by Gasteiger charge is -2.06. The number of allylic oxidation sites excluding steroid dienone is 1. The number of hydrogen-bond donors (Lipinski definition) is 0. The zero-order chi connectivity index (χ0) is 18.9. The van der Waals surface area contributed by atoms with Gasteiger partial charge in [-0.25, -0.2) is 13.8 Å². The molecule has 0 atom stereocenters.